The van der Waals surface area contributed by atoms with Crippen molar-refractivity contribution in [2.75, 3.05) is 0 Å². The second-order valence-electron chi connectivity index (χ2n) is 5.35. The van der Waals surface area contributed by atoms with Crippen LogP contribution in [-0.2, 0) is 0 Å². The van der Waals surface area contributed by atoms with Crippen LogP contribution in [0.25, 0.3) is 22.2 Å². The average Bonchev–Trinajstić information content (AvgIpc) is 2.83. The molecular formula is C16H16IN3OS. The Hall–Kier alpha value is -1.28. The van der Waals surface area contributed by atoms with Crippen LogP contribution in [0, 0.1) is 6.92 Å². The van der Waals surface area contributed by atoms with Gasteiger partial charge in [-0.1, -0.05) is 6.07 Å². The zero-order chi connectivity index (χ0) is 15.7. The van der Waals surface area contributed by atoms with Crippen LogP contribution < -0.4 is 4.74 Å². The monoisotopic (exact) mass is 425 g/mol. The first-order valence-electron chi connectivity index (χ1n) is 6.98. The Morgan fingerprint density at radius 2 is 2.09 bits per heavy atom. The molecule has 0 bridgehead atoms. The number of halogens is 1. The molecule has 0 radical (unpaired) electrons. The summed E-state index contributed by atoms with van der Waals surface area (Å²) >= 11 is 2.29. The molecule has 2 aromatic heterocycles. The van der Waals surface area contributed by atoms with Crippen molar-refractivity contribution in [3.8, 4) is 17.1 Å². The van der Waals surface area contributed by atoms with E-state index in [0.717, 1.165) is 11.3 Å². The second-order valence-corrected chi connectivity index (χ2v) is 7.06. The maximum Gasteiger partial charge on any atom is 0.233 e. The zero-order valence-electron chi connectivity index (χ0n) is 12.6. The second kappa shape index (κ2) is 6.45. The Morgan fingerprint density at radius 3 is 2.82 bits per heavy atom. The highest BCUT2D eigenvalue weighted by molar-refractivity contribution is 14.2. The minimum atomic E-state index is 0.0870. The van der Waals surface area contributed by atoms with Gasteiger partial charge in [0.2, 0.25) is 5.88 Å². The van der Waals surface area contributed by atoms with Crippen molar-refractivity contribution in [1.82, 2.24) is 13.9 Å². The van der Waals surface area contributed by atoms with Crippen LogP contribution in [0.2, 0.25) is 0 Å². The van der Waals surface area contributed by atoms with E-state index in [9.17, 15) is 0 Å². The summed E-state index contributed by atoms with van der Waals surface area (Å²) in [6.45, 7) is 6.09. The summed E-state index contributed by atoms with van der Waals surface area (Å²) in [7, 11) is 1.67. The van der Waals surface area contributed by atoms with E-state index in [4.69, 9.17) is 4.74 Å². The first-order chi connectivity index (χ1) is 10.6. The quantitative estimate of drug-likeness (QED) is 0.550. The summed E-state index contributed by atoms with van der Waals surface area (Å²) < 4.78 is 7.79. The third-order valence-corrected chi connectivity index (χ3v) is 5.03. The molecule has 22 heavy (non-hydrogen) atoms. The van der Waals surface area contributed by atoms with Gasteiger partial charge in [0, 0.05) is 47.5 Å². The van der Waals surface area contributed by atoms with Gasteiger partial charge in [-0.05, 0) is 38.5 Å². The largest absolute Gasteiger partial charge is 0.474 e. The lowest BCUT2D eigenvalue weighted by atomic mass is 10.1. The van der Waals surface area contributed by atoms with E-state index in [-0.39, 0.29) is 6.10 Å². The summed E-state index contributed by atoms with van der Waals surface area (Å²) in [6, 6.07) is 6.37. The van der Waals surface area contributed by atoms with E-state index in [2.05, 4.69) is 66.5 Å². The Kier molecular flexibility index (Phi) is 4.58. The van der Waals surface area contributed by atoms with Crippen LogP contribution in [0.3, 0.4) is 0 Å². The fourth-order valence-corrected chi connectivity index (χ4v) is 3.77. The Bertz CT molecular complexity index is 816. The topological polar surface area (TPSA) is 39.9 Å². The molecule has 0 N–H and O–H groups in total. The minimum absolute atomic E-state index is 0.0870. The van der Waals surface area contributed by atoms with Gasteiger partial charge in [0.15, 0.2) is 0 Å². The molecule has 0 spiro atoms. The molecule has 4 nitrogen and oxygen atoms in total. The maximum absolute atomic E-state index is 5.63. The predicted octanol–water partition coefficient (Wildman–Crippen LogP) is 5.04. The number of benzene rings is 1. The van der Waals surface area contributed by atoms with Gasteiger partial charge >= 0.3 is 0 Å². The predicted molar refractivity (Wildman–Crippen MR) is 100 cm³/mol. The van der Waals surface area contributed by atoms with Crippen molar-refractivity contribution >= 4 is 41.2 Å². The number of hydrogen-bond donors (Lipinski definition) is 0. The maximum atomic E-state index is 5.63. The smallest absolute Gasteiger partial charge is 0.233 e. The van der Waals surface area contributed by atoms with E-state index in [1.165, 1.54) is 16.5 Å². The first kappa shape index (κ1) is 15.6. The number of aryl methyl sites for hydroxylation is 1. The number of fused-ring (bicyclic) bond motifs is 1. The zero-order valence-corrected chi connectivity index (χ0v) is 15.6. The molecule has 6 heteroatoms. The van der Waals surface area contributed by atoms with Crippen LogP contribution >= 0.6 is 30.3 Å². The molecule has 0 aliphatic rings. The third-order valence-electron chi connectivity index (χ3n) is 3.31. The van der Waals surface area contributed by atoms with Crippen molar-refractivity contribution in [3.63, 3.8) is 0 Å². The van der Waals surface area contributed by atoms with Gasteiger partial charge in [-0.15, -0.1) is 0 Å². The van der Waals surface area contributed by atoms with E-state index in [1.807, 2.05) is 13.8 Å². The molecule has 0 atom stereocenters. The normalized spacial score (nSPS) is 11.3. The molecule has 114 valence electrons. The number of ether oxygens (including phenoxy) is 1. The molecule has 2 heterocycles. The van der Waals surface area contributed by atoms with Crippen molar-refractivity contribution < 1.29 is 4.74 Å². The highest BCUT2D eigenvalue weighted by atomic mass is 127. The lowest BCUT2D eigenvalue weighted by Crippen LogP contribution is -2.07. The number of rotatable bonds is 4. The number of aromatic nitrogens is 3. The van der Waals surface area contributed by atoms with Gasteiger partial charge in [-0.25, -0.2) is 4.98 Å². The van der Waals surface area contributed by atoms with Crippen LogP contribution in [0.1, 0.15) is 19.4 Å². The van der Waals surface area contributed by atoms with Gasteiger partial charge in [0.05, 0.1) is 29.7 Å². The lowest BCUT2D eigenvalue weighted by molar-refractivity contribution is 0.232. The molecule has 0 unspecified atom stereocenters. The summed E-state index contributed by atoms with van der Waals surface area (Å²) in [4.78, 5) is 8.79. The van der Waals surface area contributed by atoms with Crippen molar-refractivity contribution in [2.45, 2.75) is 26.9 Å². The molecule has 3 aromatic rings. The Labute approximate surface area is 146 Å². The number of nitrogens with zero attached hydrogens (tertiary/aromatic N) is 3. The Morgan fingerprint density at radius 1 is 1.27 bits per heavy atom. The van der Waals surface area contributed by atoms with Crippen LogP contribution in [-0.4, -0.2) is 20.0 Å². The van der Waals surface area contributed by atoms with E-state index < -0.39 is 0 Å². The lowest BCUT2D eigenvalue weighted by Gasteiger charge is -2.09. The molecular weight excluding hydrogens is 409 g/mol. The van der Waals surface area contributed by atoms with Gasteiger partial charge < -0.3 is 4.74 Å². The number of hydrogen-bond acceptors (Lipinski definition) is 4. The van der Waals surface area contributed by atoms with Gasteiger partial charge in [0.1, 0.15) is 0 Å². The van der Waals surface area contributed by atoms with Crippen molar-refractivity contribution in [3.05, 3.63) is 42.4 Å². The summed E-state index contributed by atoms with van der Waals surface area (Å²) in [5.74, 6) is 0.560. The molecule has 0 saturated carbocycles. The molecule has 3 rings (SSSR count). The first-order valence-corrected chi connectivity index (χ1v) is 10.3. The van der Waals surface area contributed by atoms with Gasteiger partial charge in [-0.3, -0.25) is 8.96 Å². The molecule has 0 amide bonds. The average molecular weight is 425 g/mol. The molecule has 0 aliphatic carbocycles. The highest BCUT2D eigenvalue weighted by Crippen LogP contribution is 2.31. The Balaban J connectivity index is 2.05. The highest BCUT2D eigenvalue weighted by Gasteiger charge is 2.09. The molecule has 0 fully saturated rings. The summed E-state index contributed by atoms with van der Waals surface area (Å²) in [5.41, 5.74) is 4.34. The fourth-order valence-electron chi connectivity index (χ4n) is 2.36. The van der Waals surface area contributed by atoms with Gasteiger partial charge in [0.25, 0.3) is 0 Å². The van der Waals surface area contributed by atoms with Crippen LogP contribution in [0.5, 0.6) is 5.88 Å². The van der Waals surface area contributed by atoms with Gasteiger partial charge in [-0.2, -0.15) is 0 Å². The van der Waals surface area contributed by atoms with Crippen LogP contribution in [0.4, 0.5) is 0 Å². The van der Waals surface area contributed by atoms with E-state index in [1.54, 1.807) is 21.5 Å². The van der Waals surface area contributed by atoms with Crippen LogP contribution in [0.15, 0.2) is 36.8 Å². The van der Waals surface area contributed by atoms with E-state index in [0.29, 0.717) is 5.88 Å². The standard InChI is InChI=1S/C16H16IN3OS/c1-10(2)21-16-8-18-7-14(19-16)12-4-5-15-13(6-12)11(3)9-20(15)22-17/h4-10H,1-3H3. The van der Waals surface area contributed by atoms with Crippen molar-refractivity contribution in [2.24, 2.45) is 0 Å². The SMILES string of the molecule is Cc1cn(SI)c2ccc(-c3cncc(OC(C)C)n3)cc12. The fraction of sp³-hybridized carbons (Fsp3) is 0.250. The molecule has 0 saturated heterocycles. The van der Waals surface area contributed by atoms with E-state index >= 15 is 0 Å². The summed E-state index contributed by atoms with van der Waals surface area (Å²) in [6.07, 6.45) is 5.66. The van der Waals surface area contributed by atoms with Crippen molar-refractivity contribution in [1.29, 1.82) is 0 Å². The summed E-state index contributed by atoms with van der Waals surface area (Å²) in [5, 5.41) is 1.23. The third kappa shape index (κ3) is 3.08. The molecule has 1 aromatic carbocycles. The minimum Gasteiger partial charge on any atom is -0.474 e. The molecule has 0 aliphatic heterocycles.